The normalized spacial score (nSPS) is 23.1. The number of aromatic amines is 1. The highest BCUT2D eigenvalue weighted by molar-refractivity contribution is 5.72. The summed E-state index contributed by atoms with van der Waals surface area (Å²) in [5.74, 6) is 0.477. The van der Waals surface area contributed by atoms with Gasteiger partial charge in [0.1, 0.15) is 11.2 Å². The number of hydrogen-bond donors (Lipinski definition) is 4. The van der Waals surface area contributed by atoms with E-state index in [2.05, 4.69) is 35.3 Å². The summed E-state index contributed by atoms with van der Waals surface area (Å²) < 4.78 is 30.4. The lowest BCUT2D eigenvalue weighted by molar-refractivity contribution is -0.0528. The first kappa shape index (κ1) is 17.5. The molecule has 3 heterocycles. The Kier molecular flexibility index (Phi) is 4.36. The zero-order valence-corrected chi connectivity index (χ0v) is 14.1. The van der Waals surface area contributed by atoms with Crippen molar-refractivity contribution in [2.24, 2.45) is 5.73 Å². The van der Waals surface area contributed by atoms with Crippen LogP contribution in [-0.4, -0.2) is 47.4 Å². The number of H-pyrrole nitrogens is 1. The Balaban J connectivity index is 1.54. The molecular formula is C15H18F2N8O2. The molecule has 1 aliphatic rings. The summed E-state index contributed by atoms with van der Waals surface area (Å²) in [6.45, 7) is -2.94. The second-order valence-electron chi connectivity index (χ2n) is 6.51. The molecule has 1 aliphatic carbocycles. The summed E-state index contributed by atoms with van der Waals surface area (Å²) >= 11 is 0. The van der Waals surface area contributed by atoms with Gasteiger partial charge in [-0.3, -0.25) is 0 Å². The monoisotopic (exact) mass is 380 g/mol. The smallest absolute Gasteiger partial charge is 0.388 e. The molecule has 3 aromatic rings. The van der Waals surface area contributed by atoms with Crippen LogP contribution in [0.25, 0.3) is 11.2 Å². The lowest BCUT2D eigenvalue weighted by atomic mass is 9.89. The fraction of sp³-hybridized carbons (Fsp3) is 0.467. The van der Waals surface area contributed by atoms with Gasteiger partial charge in [-0.25, -0.2) is 19.7 Å². The predicted octanol–water partition coefficient (Wildman–Crippen LogP) is 1.66. The fourth-order valence-corrected chi connectivity index (χ4v) is 3.15. The van der Waals surface area contributed by atoms with E-state index in [1.54, 1.807) is 10.9 Å². The molecule has 0 bridgehead atoms. The van der Waals surface area contributed by atoms with Crippen molar-refractivity contribution in [1.82, 2.24) is 29.9 Å². The minimum Gasteiger partial charge on any atom is -0.417 e. The Morgan fingerprint density at radius 2 is 2.11 bits per heavy atom. The number of fused-ring (bicyclic) bond motifs is 1. The van der Waals surface area contributed by atoms with E-state index >= 15 is 0 Å². The molecule has 0 aliphatic heterocycles. The van der Waals surface area contributed by atoms with E-state index in [4.69, 9.17) is 5.73 Å². The lowest BCUT2D eigenvalue weighted by Gasteiger charge is -2.32. The van der Waals surface area contributed by atoms with Gasteiger partial charge in [-0.05, 0) is 25.7 Å². The van der Waals surface area contributed by atoms with Crippen LogP contribution in [0, 0.1) is 0 Å². The Morgan fingerprint density at radius 1 is 1.33 bits per heavy atom. The molecule has 10 nitrogen and oxygen atoms in total. The molecular weight excluding hydrogens is 362 g/mol. The number of hydrogen-bond acceptors (Lipinski definition) is 8. The molecule has 0 aromatic carbocycles. The van der Waals surface area contributed by atoms with Crippen molar-refractivity contribution in [2.75, 3.05) is 5.32 Å². The van der Waals surface area contributed by atoms with Crippen LogP contribution in [-0.2, 0) is 0 Å². The van der Waals surface area contributed by atoms with Gasteiger partial charge in [-0.2, -0.15) is 19.0 Å². The second-order valence-corrected chi connectivity index (χ2v) is 6.51. The van der Waals surface area contributed by atoms with Crippen molar-refractivity contribution in [3.63, 3.8) is 0 Å². The quantitative estimate of drug-likeness (QED) is 0.490. The van der Waals surface area contributed by atoms with E-state index in [-0.39, 0.29) is 17.7 Å². The van der Waals surface area contributed by atoms with Crippen molar-refractivity contribution < 1.29 is 18.6 Å². The van der Waals surface area contributed by atoms with E-state index < -0.39 is 12.3 Å². The Bertz CT molecular complexity index is 931. The molecule has 4 rings (SSSR count). The third-order valence-electron chi connectivity index (χ3n) is 4.50. The lowest BCUT2D eigenvalue weighted by Crippen LogP contribution is -2.43. The molecule has 144 valence electrons. The van der Waals surface area contributed by atoms with Crippen LogP contribution in [0.2, 0.25) is 0 Å². The number of halogens is 2. The number of ether oxygens (including phenoxy) is 1. The van der Waals surface area contributed by atoms with E-state index in [9.17, 15) is 13.9 Å². The largest absolute Gasteiger partial charge is 0.417 e. The van der Waals surface area contributed by atoms with Gasteiger partial charge in [-0.15, -0.1) is 0 Å². The molecule has 3 aromatic heterocycles. The van der Waals surface area contributed by atoms with Gasteiger partial charge in [0.2, 0.25) is 5.88 Å². The summed E-state index contributed by atoms with van der Waals surface area (Å²) in [7, 11) is 0. The van der Waals surface area contributed by atoms with Gasteiger partial charge < -0.3 is 20.9 Å². The number of aromatic nitrogens is 6. The maximum atomic E-state index is 12.2. The van der Waals surface area contributed by atoms with Crippen molar-refractivity contribution in [2.45, 2.75) is 44.1 Å². The topological polar surface area (TPSA) is 140 Å². The van der Waals surface area contributed by atoms with Crippen LogP contribution in [0.5, 0.6) is 5.88 Å². The number of rotatable bonds is 5. The van der Waals surface area contributed by atoms with Gasteiger partial charge in [0.15, 0.2) is 17.3 Å². The fourth-order valence-electron chi connectivity index (χ4n) is 3.15. The summed E-state index contributed by atoms with van der Waals surface area (Å²) in [6, 6.07) is 1.35. The van der Waals surface area contributed by atoms with Crippen molar-refractivity contribution in [1.29, 1.82) is 0 Å². The summed E-state index contributed by atoms with van der Waals surface area (Å²) in [4.78, 5) is 8.81. The highest BCUT2D eigenvalue weighted by Gasteiger charge is 2.31. The summed E-state index contributed by atoms with van der Waals surface area (Å²) in [6.07, 6.45) is 5.43. The maximum Gasteiger partial charge on any atom is 0.388 e. The van der Waals surface area contributed by atoms with Crippen LogP contribution in [0.4, 0.5) is 20.4 Å². The molecule has 12 heteroatoms. The molecule has 0 amide bonds. The highest BCUT2D eigenvalue weighted by Crippen LogP contribution is 2.33. The molecule has 0 atom stereocenters. The van der Waals surface area contributed by atoms with E-state index in [1.165, 1.54) is 12.3 Å². The summed E-state index contributed by atoms with van der Waals surface area (Å²) in [5.41, 5.74) is 5.84. The van der Waals surface area contributed by atoms with Crippen molar-refractivity contribution in [3.05, 3.63) is 18.5 Å². The zero-order chi connectivity index (χ0) is 19.0. The first-order valence-electron chi connectivity index (χ1n) is 8.38. The van der Waals surface area contributed by atoms with E-state index in [0.29, 0.717) is 42.7 Å². The molecule has 5 N–H and O–H groups in total. The number of alkyl halides is 2. The molecule has 0 radical (unpaired) electrons. The number of anilines is 2. The minimum absolute atomic E-state index is 0.0623. The third-order valence-corrected chi connectivity index (χ3v) is 4.50. The van der Waals surface area contributed by atoms with Gasteiger partial charge >= 0.3 is 6.61 Å². The number of nitrogens with one attached hydrogen (secondary N) is 2. The maximum absolute atomic E-state index is 12.2. The Hall–Kier alpha value is -2.86. The minimum atomic E-state index is -2.94. The van der Waals surface area contributed by atoms with Gasteiger partial charge in [-0.1, -0.05) is 0 Å². The van der Waals surface area contributed by atoms with Crippen LogP contribution in [0.15, 0.2) is 18.5 Å². The van der Waals surface area contributed by atoms with E-state index in [1.807, 2.05) is 0 Å². The second kappa shape index (κ2) is 6.70. The first-order chi connectivity index (χ1) is 12.9. The summed E-state index contributed by atoms with van der Waals surface area (Å²) in [5, 5.41) is 23.3. The molecule has 0 unspecified atom stereocenters. The molecule has 1 saturated carbocycles. The standard InChI is InChI=1S/C15H18F2N8O2/c16-14(17)27-12-5-10(23-24-12)21-11-7-19-9-6-20-25(13(9)22-11)8-1-3-15(18,26)4-2-8/h5-8,14,26H,1-4,18H2,(H2,21,22,23,24)/t8-,15+. The van der Waals surface area contributed by atoms with Crippen LogP contribution < -0.4 is 15.8 Å². The Labute approximate surface area is 151 Å². The molecule has 0 saturated heterocycles. The first-order valence-corrected chi connectivity index (χ1v) is 8.38. The van der Waals surface area contributed by atoms with Crippen LogP contribution >= 0.6 is 0 Å². The number of nitrogens with zero attached hydrogens (tertiary/aromatic N) is 5. The van der Waals surface area contributed by atoms with Crippen molar-refractivity contribution >= 4 is 22.8 Å². The average Bonchev–Trinajstić information content (AvgIpc) is 3.21. The zero-order valence-electron chi connectivity index (χ0n) is 14.1. The highest BCUT2D eigenvalue weighted by atomic mass is 19.3. The average molecular weight is 380 g/mol. The molecule has 1 fully saturated rings. The predicted molar refractivity (Wildman–Crippen MR) is 90.5 cm³/mol. The van der Waals surface area contributed by atoms with Crippen LogP contribution in [0.3, 0.4) is 0 Å². The Morgan fingerprint density at radius 3 is 2.85 bits per heavy atom. The van der Waals surface area contributed by atoms with E-state index in [0.717, 1.165) is 0 Å². The van der Waals surface area contributed by atoms with Crippen LogP contribution in [0.1, 0.15) is 31.7 Å². The van der Waals surface area contributed by atoms with Gasteiger partial charge in [0.05, 0.1) is 18.4 Å². The SMILES string of the molecule is N[C@]1(O)CC[C@@H](n2ncc3ncc(Nc4cc(OC(F)F)[nH]n4)nc32)CC1. The third kappa shape index (κ3) is 3.80. The number of nitrogens with two attached hydrogens (primary N) is 1. The number of aliphatic hydroxyl groups is 1. The van der Waals surface area contributed by atoms with Gasteiger partial charge in [0, 0.05) is 6.07 Å². The van der Waals surface area contributed by atoms with Gasteiger partial charge in [0.25, 0.3) is 0 Å². The molecule has 27 heavy (non-hydrogen) atoms. The molecule has 0 spiro atoms. The van der Waals surface area contributed by atoms with Crippen molar-refractivity contribution in [3.8, 4) is 5.88 Å².